The molecule has 0 saturated carbocycles. The Kier molecular flexibility index (Phi) is 6.35. The van der Waals surface area contributed by atoms with Gasteiger partial charge in [0.2, 0.25) is 0 Å². The highest BCUT2D eigenvalue weighted by molar-refractivity contribution is 7.13. The van der Waals surface area contributed by atoms with Crippen molar-refractivity contribution in [2.75, 3.05) is 44.7 Å². The van der Waals surface area contributed by atoms with Crippen molar-refractivity contribution in [3.8, 4) is 16.5 Å². The van der Waals surface area contributed by atoms with Crippen LogP contribution in [0, 0.1) is 0 Å². The first-order valence-corrected chi connectivity index (χ1v) is 11.0. The van der Waals surface area contributed by atoms with E-state index in [4.69, 9.17) is 4.74 Å². The van der Waals surface area contributed by atoms with Crippen LogP contribution in [0.3, 0.4) is 0 Å². The molecule has 1 saturated heterocycles. The summed E-state index contributed by atoms with van der Waals surface area (Å²) in [5.74, 6) is 1.63. The van der Waals surface area contributed by atoms with Crippen LogP contribution in [-0.4, -0.2) is 59.1 Å². The smallest absolute Gasteiger partial charge is 0.346 e. The molecule has 0 radical (unpaired) electrons. The standard InChI is InChI=1S/C22H27N5O2S/c1-3-10-26-21(20-9-6-17-30-20)23-27(22(26)28)16-13-24-11-14-25(15-12-24)18-7-4-5-8-19(18)29-2/h3-9,17H,1,10-16H2,2H3. The van der Waals surface area contributed by atoms with Crippen LogP contribution >= 0.6 is 11.3 Å². The number of piperazine rings is 1. The molecule has 0 atom stereocenters. The van der Waals surface area contributed by atoms with Crippen molar-refractivity contribution in [3.63, 3.8) is 0 Å². The maximum atomic E-state index is 12.8. The fraction of sp³-hybridized carbons (Fsp3) is 0.364. The molecule has 1 aromatic carbocycles. The Morgan fingerprint density at radius 3 is 2.63 bits per heavy atom. The molecule has 158 valence electrons. The second-order valence-corrected chi connectivity index (χ2v) is 8.15. The average Bonchev–Trinajstić information content (AvgIpc) is 3.42. The zero-order valence-corrected chi connectivity index (χ0v) is 18.1. The lowest BCUT2D eigenvalue weighted by atomic mass is 10.2. The molecule has 0 aliphatic carbocycles. The fourth-order valence-corrected chi connectivity index (χ4v) is 4.53. The lowest BCUT2D eigenvalue weighted by Crippen LogP contribution is -2.47. The van der Waals surface area contributed by atoms with Crippen molar-refractivity contribution in [1.29, 1.82) is 0 Å². The van der Waals surface area contributed by atoms with Crippen LogP contribution in [0.1, 0.15) is 0 Å². The van der Waals surface area contributed by atoms with Crippen LogP contribution in [0.2, 0.25) is 0 Å². The molecular weight excluding hydrogens is 398 g/mol. The molecule has 30 heavy (non-hydrogen) atoms. The predicted octanol–water partition coefficient (Wildman–Crippen LogP) is 2.79. The number of thiophene rings is 1. The van der Waals surface area contributed by atoms with Gasteiger partial charge in [0.05, 0.1) is 24.2 Å². The molecule has 0 bridgehead atoms. The SMILES string of the molecule is C=CCn1c(-c2cccs2)nn(CCN2CCN(c3ccccc3OC)CC2)c1=O. The Balaban J connectivity index is 1.40. The normalized spacial score (nSPS) is 14.8. The summed E-state index contributed by atoms with van der Waals surface area (Å²) in [7, 11) is 1.71. The Hall–Kier alpha value is -2.84. The highest BCUT2D eigenvalue weighted by Crippen LogP contribution is 2.28. The number of nitrogens with zero attached hydrogens (tertiary/aromatic N) is 5. The zero-order chi connectivity index (χ0) is 20.9. The molecule has 7 nitrogen and oxygen atoms in total. The highest BCUT2D eigenvalue weighted by Gasteiger charge is 2.20. The van der Waals surface area contributed by atoms with Crippen LogP contribution in [-0.2, 0) is 13.1 Å². The van der Waals surface area contributed by atoms with Crippen molar-refractivity contribution in [3.05, 3.63) is 64.9 Å². The number of anilines is 1. The third-order valence-electron chi connectivity index (χ3n) is 5.40. The topological polar surface area (TPSA) is 55.5 Å². The minimum Gasteiger partial charge on any atom is -0.495 e. The molecule has 0 amide bonds. The van der Waals surface area contributed by atoms with E-state index in [0.717, 1.165) is 54.9 Å². The van der Waals surface area contributed by atoms with Gasteiger partial charge in [0.1, 0.15) is 5.75 Å². The van der Waals surface area contributed by atoms with Gasteiger partial charge >= 0.3 is 5.69 Å². The molecule has 8 heteroatoms. The largest absolute Gasteiger partial charge is 0.495 e. The molecule has 4 rings (SSSR count). The van der Waals surface area contributed by atoms with E-state index in [1.54, 1.807) is 33.8 Å². The van der Waals surface area contributed by atoms with Gasteiger partial charge in [-0.25, -0.2) is 9.48 Å². The third-order valence-corrected chi connectivity index (χ3v) is 6.27. The van der Waals surface area contributed by atoms with E-state index in [1.807, 2.05) is 35.7 Å². The lowest BCUT2D eigenvalue weighted by Gasteiger charge is -2.36. The van der Waals surface area contributed by atoms with Crippen molar-refractivity contribution in [1.82, 2.24) is 19.2 Å². The van der Waals surface area contributed by atoms with Crippen LogP contribution in [0.15, 0.2) is 59.2 Å². The quantitative estimate of drug-likeness (QED) is 0.520. The van der Waals surface area contributed by atoms with Gasteiger partial charge in [-0.2, -0.15) is 0 Å². The summed E-state index contributed by atoms with van der Waals surface area (Å²) >= 11 is 1.59. The van der Waals surface area contributed by atoms with E-state index in [0.29, 0.717) is 13.1 Å². The monoisotopic (exact) mass is 425 g/mol. The van der Waals surface area contributed by atoms with Crippen molar-refractivity contribution in [2.45, 2.75) is 13.1 Å². The van der Waals surface area contributed by atoms with Crippen LogP contribution in [0.4, 0.5) is 5.69 Å². The highest BCUT2D eigenvalue weighted by atomic mass is 32.1. The zero-order valence-electron chi connectivity index (χ0n) is 17.2. The lowest BCUT2D eigenvalue weighted by molar-refractivity contribution is 0.242. The first kappa shape index (κ1) is 20.4. The minimum absolute atomic E-state index is 0.0778. The van der Waals surface area contributed by atoms with Gasteiger partial charge in [0.15, 0.2) is 5.82 Å². The minimum atomic E-state index is -0.0778. The fourth-order valence-electron chi connectivity index (χ4n) is 3.81. The first-order valence-electron chi connectivity index (χ1n) is 10.1. The maximum Gasteiger partial charge on any atom is 0.346 e. The van der Waals surface area contributed by atoms with Gasteiger partial charge in [0.25, 0.3) is 0 Å². The maximum absolute atomic E-state index is 12.8. The van der Waals surface area contributed by atoms with Crippen molar-refractivity contribution in [2.24, 2.45) is 0 Å². The first-order chi connectivity index (χ1) is 14.7. The van der Waals surface area contributed by atoms with Crippen LogP contribution in [0.5, 0.6) is 5.75 Å². The number of rotatable bonds is 8. The summed E-state index contributed by atoms with van der Waals surface area (Å²) in [4.78, 5) is 18.6. The summed E-state index contributed by atoms with van der Waals surface area (Å²) in [6.45, 7) is 9.37. The van der Waals surface area contributed by atoms with E-state index in [9.17, 15) is 4.79 Å². The molecule has 1 fully saturated rings. The van der Waals surface area contributed by atoms with Crippen LogP contribution < -0.4 is 15.3 Å². The summed E-state index contributed by atoms with van der Waals surface area (Å²) < 4.78 is 8.78. The molecule has 0 spiro atoms. The number of hydrogen-bond donors (Lipinski definition) is 0. The molecule has 3 heterocycles. The van der Waals surface area contributed by atoms with Crippen molar-refractivity contribution >= 4 is 17.0 Å². The Morgan fingerprint density at radius 1 is 1.13 bits per heavy atom. The van der Waals surface area contributed by atoms with E-state index >= 15 is 0 Å². The number of hydrogen-bond acceptors (Lipinski definition) is 6. The number of allylic oxidation sites excluding steroid dienone is 1. The van der Waals surface area contributed by atoms with Gasteiger partial charge in [-0.3, -0.25) is 9.47 Å². The molecule has 1 aliphatic heterocycles. The molecule has 0 unspecified atom stereocenters. The van der Waals surface area contributed by atoms with E-state index in [1.165, 1.54) is 0 Å². The summed E-state index contributed by atoms with van der Waals surface area (Å²) in [6.07, 6.45) is 1.74. The van der Waals surface area contributed by atoms with Crippen molar-refractivity contribution < 1.29 is 4.74 Å². The second kappa shape index (κ2) is 9.32. The summed E-state index contributed by atoms with van der Waals surface area (Å²) in [5, 5.41) is 6.61. The number of methoxy groups -OCH3 is 1. The Morgan fingerprint density at radius 2 is 1.93 bits per heavy atom. The van der Waals surface area contributed by atoms with Crippen LogP contribution in [0.25, 0.3) is 10.7 Å². The number of ether oxygens (including phenoxy) is 1. The van der Waals surface area contributed by atoms with E-state index in [2.05, 4.69) is 27.5 Å². The van der Waals surface area contributed by atoms with Gasteiger partial charge in [-0.1, -0.05) is 24.3 Å². The van der Waals surface area contributed by atoms with E-state index < -0.39 is 0 Å². The summed E-state index contributed by atoms with van der Waals surface area (Å²) in [5.41, 5.74) is 1.06. The number of aromatic nitrogens is 3. The number of benzene rings is 1. The molecule has 2 aromatic heterocycles. The average molecular weight is 426 g/mol. The molecule has 1 aliphatic rings. The third kappa shape index (κ3) is 4.20. The van der Waals surface area contributed by atoms with Gasteiger partial charge in [-0.05, 0) is 23.6 Å². The molecular formula is C22H27N5O2S. The Labute approximate surface area is 180 Å². The predicted molar refractivity (Wildman–Crippen MR) is 122 cm³/mol. The Bertz CT molecular complexity index is 1030. The van der Waals surface area contributed by atoms with Gasteiger partial charge < -0.3 is 9.64 Å². The van der Waals surface area contributed by atoms with Gasteiger partial charge in [-0.15, -0.1) is 23.0 Å². The molecule has 3 aromatic rings. The van der Waals surface area contributed by atoms with Gasteiger partial charge in [0, 0.05) is 39.3 Å². The second-order valence-electron chi connectivity index (χ2n) is 7.21. The molecule has 0 N–H and O–H groups in total. The summed E-state index contributed by atoms with van der Waals surface area (Å²) in [6, 6.07) is 12.1. The van der Waals surface area contributed by atoms with E-state index in [-0.39, 0.29) is 5.69 Å². The number of para-hydroxylation sites is 2.